The first kappa shape index (κ1) is 25.9. The molecule has 1 atom stereocenters. The summed E-state index contributed by atoms with van der Waals surface area (Å²) in [5, 5.41) is 2.73. The molecule has 0 aliphatic rings. The number of rotatable bonds is 9. The van der Waals surface area contributed by atoms with Crippen LogP contribution in [-0.2, 0) is 26.2 Å². The Morgan fingerprint density at radius 2 is 1.78 bits per heavy atom. The summed E-state index contributed by atoms with van der Waals surface area (Å²) in [7, 11) is -3.73. The molecule has 2 aromatic rings. The Kier molecular flexibility index (Phi) is 8.86. The number of anilines is 1. The number of carbonyl (C=O) groups is 2. The van der Waals surface area contributed by atoms with Gasteiger partial charge in [-0.1, -0.05) is 34.1 Å². The molecule has 0 aromatic heterocycles. The van der Waals surface area contributed by atoms with E-state index in [1.165, 1.54) is 4.90 Å². The fraction of sp³-hybridized carbons (Fsp3) is 0.391. The zero-order chi connectivity index (χ0) is 24.1. The van der Waals surface area contributed by atoms with Crippen molar-refractivity contribution < 1.29 is 18.0 Å². The summed E-state index contributed by atoms with van der Waals surface area (Å²) in [4.78, 5) is 27.3. The molecule has 2 aromatic carbocycles. The van der Waals surface area contributed by atoms with Gasteiger partial charge >= 0.3 is 0 Å². The van der Waals surface area contributed by atoms with Gasteiger partial charge in [-0.2, -0.15) is 0 Å². The summed E-state index contributed by atoms with van der Waals surface area (Å²) in [5.41, 5.74) is 3.18. The minimum atomic E-state index is -3.73. The van der Waals surface area contributed by atoms with Crippen LogP contribution < -0.4 is 9.62 Å². The minimum Gasteiger partial charge on any atom is -0.355 e. The van der Waals surface area contributed by atoms with Crippen LogP contribution in [0.2, 0.25) is 0 Å². The largest absolute Gasteiger partial charge is 0.355 e. The monoisotopic (exact) mass is 523 g/mol. The van der Waals surface area contributed by atoms with Gasteiger partial charge in [0.15, 0.2) is 0 Å². The number of nitrogens with zero attached hydrogens (tertiary/aromatic N) is 2. The molecule has 2 amide bonds. The van der Waals surface area contributed by atoms with Crippen molar-refractivity contribution in [3.8, 4) is 0 Å². The number of halogens is 1. The van der Waals surface area contributed by atoms with E-state index in [0.717, 1.165) is 31.7 Å². The predicted molar refractivity (Wildman–Crippen MR) is 131 cm³/mol. The first-order valence-corrected chi connectivity index (χ1v) is 12.9. The van der Waals surface area contributed by atoms with E-state index in [1.54, 1.807) is 26.0 Å². The van der Waals surface area contributed by atoms with Gasteiger partial charge in [0.25, 0.3) is 0 Å². The van der Waals surface area contributed by atoms with Crippen molar-refractivity contribution in [2.45, 2.75) is 40.3 Å². The summed E-state index contributed by atoms with van der Waals surface area (Å²) in [6.45, 7) is 7.46. The zero-order valence-corrected chi connectivity index (χ0v) is 21.5. The molecule has 0 aliphatic carbocycles. The van der Waals surface area contributed by atoms with E-state index in [9.17, 15) is 18.0 Å². The number of sulfonamides is 1. The van der Waals surface area contributed by atoms with E-state index >= 15 is 0 Å². The Labute approximate surface area is 199 Å². The molecule has 174 valence electrons. The highest BCUT2D eigenvalue weighted by Gasteiger charge is 2.30. The number of benzene rings is 2. The van der Waals surface area contributed by atoms with Gasteiger partial charge in [0.1, 0.15) is 12.6 Å². The van der Waals surface area contributed by atoms with Crippen LogP contribution in [0, 0.1) is 13.8 Å². The fourth-order valence-electron chi connectivity index (χ4n) is 3.23. The van der Waals surface area contributed by atoms with Crippen LogP contribution in [0.25, 0.3) is 0 Å². The number of nitrogens with one attached hydrogen (secondary N) is 1. The van der Waals surface area contributed by atoms with Crippen LogP contribution in [0.4, 0.5) is 5.69 Å². The maximum absolute atomic E-state index is 13.4. The smallest absolute Gasteiger partial charge is 0.244 e. The highest BCUT2D eigenvalue weighted by Crippen LogP contribution is 2.22. The van der Waals surface area contributed by atoms with Crippen molar-refractivity contribution in [1.29, 1.82) is 0 Å². The lowest BCUT2D eigenvalue weighted by molar-refractivity contribution is -0.139. The molecule has 0 saturated heterocycles. The van der Waals surface area contributed by atoms with E-state index in [4.69, 9.17) is 0 Å². The highest BCUT2D eigenvalue weighted by atomic mass is 79.9. The summed E-state index contributed by atoms with van der Waals surface area (Å²) >= 11 is 3.42. The minimum absolute atomic E-state index is 0.168. The van der Waals surface area contributed by atoms with Gasteiger partial charge in [-0.25, -0.2) is 8.42 Å². The first-order valence-electron chi connectivity index (χ1n) is 10.3. The third-order valence-electron chi connectivity index (χ3n) is 5.22. The van der Waals surface area contributed by atoms with Gasteiger partial charge in [-0.3, -0.25) is 13.9 Å². The van der Waals surface area contributed by atoms with Gasteiger partial charge in [0, 0.05) is 17.6 Å². The molecule has 0 bridgehead atoms. The molecule has 0 saturated carbocycles. The molecular weight excluding hydrogens is 494 g/mol. The van der Waals surface area contributed by atoms with E-state index in [-0.39, 0.29) is 12.5 Å². The summed E-state index contributed by atoms with van der Waals surface area (Å²) < 4.78 is 27.1. The first-order chi connectivity index (χ1) is 14.9. The van der Waals surface area contributed by atoms with E-state index in [1.807, 2.05) is 44.2 Å². The van der Waals surface area contributed by atoms with Crippen molar-refractivity contribution in [2.75, 3.05) is 23.7 Å². The second-order valence-corrected chi connectivity index (χ2v) is 10.6. The molecule has 9 heteroatoms. The number of amides is 2. The van der Waals surface area contributed by atoms with Gasteiger partial charge in [0.2, 0.25) is 21.8 Å². The standard InChI is InChI=1S/C23H30BrN3O4S/c1-6-25-23(29)18(4)26(14-19-8-7-9-20(24)13-19)22(28)15-27(32(5,30)31)21-11-10-16(2)17(3)12-21/h7-13,18H,6,14-15H2,1-5H3,(H,25,29)/t18-/m1/s1. The summed E-state index contributed by atoms with van der Waals surface area (Å²) in [5.74, 6) is -0.764. The van der Waals surface area contributed by atoms with Crippen molar-refractivity contribution in [3.63, 3.8) is 0 Å². The van der Waals surface area contributed by atoms with Crippen molar-refractivity contribution >= 4 is 43.5 Å². The molecule has 0 heterocycles. The number of likely N-dealkylation sites (N-methyl/N-ethyl adjacent to an activating group) is 1. The highest BCUT2D eigenvalue weighted by molar-refractivity contribution is 9.10. The Morgan fingerprint density at radius 3 is 2.34 bits per heavy atom. The topological polar surface area (TPSA) is 86.8 Å². The van der Waals surface area contributed by atoms with Crippen LogP contribution in [0.1, 0.15) is 30.5 Å². The maximum Gasteiger partial charge on any atom is 0.244 e. The zero-order valence-electron chi connectivity index (χ0n) is 19.1. The number of hydrogen-bond donors (Lipinski definition) is 1. The lowest BCUT2D eigenvalue weighted by atomic mass is 10.1. The molecular formula is C23H30BrN3O4S. The maximum atomic E-state index is 13.4. The Balaban J connectivity index is 2.40. The molecule has 0 radical (unpaired) electrons. The summed E-state index contributed by atoms with van der Waals surface area (Å²) in [6.07, 6.45) is 1.07. The average molecular weight is 524 g/mol. The lowest BCUT2D eigenvalue weighted by Crippen LogP contribution is -2.51. The number of hydrogen-bond acceptors (Lipinski definition) is 4. The third kappa shape index (κ3) is 6.80. The van der Waals surface area contributed by atoms with Crippen LogP contribution in [0.15, 0.2) is 46.9 Å². The van der Waals surface area contributed by atoms with Gasteiger partial charge < -0.3 is 10.2 Å². The molecule has 0 fully saturated rings. The van der Waals surface area contributed by atoms with Crippen molar-refractivity contribution in [1.82, 2.24) is 10.2 Å². The summed E-state index contributed by atoms with van der Waals surface area (Å²) in [6, 6.07) is 11.9. The van der Waals surface area contributed by atoms with Gasteiger partial charge in [0.05, 0.1) is 11.9 Å². The Hall–Kier alpha value is -2.39. The van der Waals surface area contributed by atoms with Gasteiger partial charge in [-0.05, 0) is 68.7 Å². The van der Waals surface area contributed by atoms with Crippen molar-refractivity contribution in [2.24, 2.45) is 0 Å². The SMILES string of the molecule is CCNC(=O)[C@@H](C)N(Cc1cccc(Br)c1)C(=O)CN(c1ccc(C)c(C)c1)S(C)(=O)=O. The van der Waals surface area contributed by atoms with E-state index in [0.29, 0.717) is 12.2 Å². The molecule has 0 unspecified atom stereocenters. The fourth-order valence-corrected chi connectivity index (χ4v) is 4.52. The predicted octanol–water partition coefficient (Wildman–Crippen LogP) is 3.39. The molecule has 2 rings (SSSR count). The van der Waals surface area contributed by atoms with E-state index < -0.39 is 28.5 Å². The number of aryl methyl sites for hydroxylation is 2. The van der Waals surface area contributed by atoms with Gasteiger partial charge in [-0.15, -0.1) is 0 Å². The van der Waals surface area contributed by atoms with Crippen LogP contribution in [0.3, 0.4) is 0 Å². The molecule has 7 nitrogen and oxygen atoms in total. The number of carbonyl (C=O) groups excluding carboxylic acids is 2. The Bertz CT molecular complexity index is 1090. The van der Waals surface area contributed by atoms with Crippen LogP contribution >= 0.6 is 15.9 Å². The molecule has 1 N–H and O–H groups in total. The van der Waals surface area contributed by atoms with Crippen LogP contribution in [-0.4, -0.2) is 50.5 Å². The quantitative estimate of drug-likeness (QED) is 0.545. The molecule has 32 heavy (non-hydrogen) atoms. The lowest BCUT2D eigenvalue weighted by Gasteiger charge is -2.31. The normalized spacial score (nSPS) is 12.2. The van der Waals surface area contributed by atoms with Crippen molar-refractivity contribution in [3.05, 3.63) is 63.6 Å². The molecule has 0 aliphatic heterocycles. The average Bonchev–Trinajstić information content (AvgIpc) is 2.71. The second-order valence-electron chi connectivity index (χ2n) is 7.76. The van der Waals surface area contributed by atoms with Crippen LogP contribution in [0.5, 0.6) is 0 Å². The molecule has 0 spiro atoms. The third-order valence-corrected chi connectivity index (χ3v) is 6.85. The second kappa shape index (κ2) is 11.0. The van der Waals surface area contributed by atoms with E-state index in [2.05, 4.69) is 21.2 Å². The Morgan fingerprint density at radius 1 is 1.09 bits per heavy atom.